The molecule has 0 fully saturated rings. The van der Waals surface area contributed by atoms with Crippen molar-refractivity contribution in [1.82, 2.24) is 5.32 Å². The quantitative estimate of drug-likeness (QED) is 0.664. The molecular weight excluding hydrogens is 218 g/mol. The van der Waals surface area contributed by atoms with Crippen LogP contribution < -0.4 is 5.32 Å². The van der Waals surface area contributed by atoms with Crippen LogP contribution in [-0.4, -0.2) is 37.9 Å². The van der Waals surface area contributed by atoms with Gasteiger partial charge in [-0.05, 0) is 26.2 Å². The minimum atomic E-state index is -0.750. The lowest BCUT2D eigenvalue weighted by Gasteiger charge is -2.37. The molecule has 0 aromatic carbocycles. The van der Waals surface area contributed by atoms with Gasteiger partial charge in [-0.1, -0.05) is 20.8 Å². The van der Waals surface area contributed by atoms with Crippen LogP contribution in [0.3, 0.4) is 0 Å². The van der Waals surface area contributed by atoms with Crippen LogP contribution in [0.5, 0.6) is 0 Å². The topological polar surface area (TPSA) is 47.6 Å². The van der Waals surface area contributed by atoms with E-state index in [1.807, 2.05) is 20.8 Å². The van der Waals surface area contributed by atoms with Crippen molar-refractivity contribution in [1.29, 1.82) is 0 Å². The van der Waals surface area contributed by atoms with Crippen LogP contribution in [0, 0.1) is 5.92 Å². The second kappa shape index (κ2) is 7.67. The van der Waals surface area contributed by atoms with Crippen molar-refractivity contribution in [2.75, 3.05) is 20.3 Å². The van der Waals surface area contributed by atoms with E-state index >= 15 is 0 Å². The van der Waals surface area contributed by atoms with E-state index in [4.69, 9.17) is 9.47 Å². The third-order valence-corrected chi connectivity index (χ3v) is 3.11. The fourth-order valence-corrected chi connectivity index (χ4v) is 1.76. The summed E-state index contributed by atoms with van der Waals surface area (Å²) < 4.78 is 10.4. The van der Waals surface area contributed by atoms with Gasteiger partial charge < -0.3 is 9.47 Å². The van der Waals surface area contributed by atoms with Gasteiger partial charge in [0, 0.05) is 13.2 Å². The highest BCUT2D eigenvalue weighted by atomic mass is 16.5. The molecule has 0 saturated carbocycles. The van der Waals surface area contributed by atoms with E-state index in [0.717, 1.165) is 6.42 Å². The van der Waals surface area contributed by atoms with Crippen LogP contribution in [0.2, 0.25) is 0 Å². The van der Waals surface area contributed by atoms with Crippen LogP contribution in [0.4, 0.5) is 0 Å². The summed E-state index contributed by atoms with van der Waals surface area (Å²) in [6.45, 7) is 10.7. The molecule has 0 radical (unpaired) electrons. The second-order valence-corrected chi connectivity index (χ2v) is 4.73. The molecule has 2 atom stereocenters. The Balaban J connectivity index is 5.04. The molecule has 0 aromatic heterocycles. The van der Waals surface area contributed by atoms with Gasteiger partial charge in [0.2, 0.25) is 0 Å². The van der Waals surface area contributed by atoms with Crippen molar-refractivity contribution in [3.63, 3.8) is 0 Å². The molecule has 0 heterocycles. The molecule has 4 nitrogen and oxygen atoms in total. The average molecular weight is 245 g/mol. The maximum atomic E-state index is 12.2. The molecule has 2 unspecified atom stereocenters. The number of rotatable bonds is 8. The standard InChI is InChI=1S/C13H27NO3/c1-7-11(5)14-13(9-16-6,10(3)4)12(15)17-8-2/h10-11,14H,7-9H2,1-6H3. The minimum absolute atomic E-state index is 0.107. The third kappa shape index (κ3) is 4.28. The third-order valence-electron chi connectivity index (χ3n) is 3.11. The Morgan fingerprint density at radius 2 is 1.88 bits per heavy atom. The molecule has 0 aromatic rings. The zero-order chi connectivity index (χ0) is 13.5. The van der Waals surface area contributed by atoms with Gasteiger partial charge in [0.05, 0.1) is 13.2 Å². The molecule has 0 spiro atoms. The van der Waals surface area contributed by atoms with Crippen molar-refractivity contribution < 1.29 is 14.3 Å². The van der Waals surface area contributed by atoms with Crippen molar-refractivity contribution in [3.05, 3.63) is 0 Å². The number of esters is 1. The summed E-state index contributed by atoms with van der Waals surface area (Å²) in [6.07, 6.45) is 0.956. The van der Waals surface area contributed by atoms with E-state index in [1.165, 1.54) is 0 Å². The summed E-state index contributed by atoms with van der Waals surface area (Å²) in [5.74, 6) is -0.118. The van der Waals surface area contributed by atoms with E-state index in [2.05, 4.69) is 19.2 Å². The molecule has 0 amide bonds. The lowest BCUT2D eigenvalue weighted by atomic mass is 9.86. The number of hydrogen-bond donors (Lipinski definition) is 1. The van der Waals surface area contributed by atoms with Gasteiger partial charge in [-0.3, -0.25) is 5.32 Å². The second-order valence-electron chi connectivity index (χ2n) is 4.73. The Labute approximate surface area is 105 Å². The van der Waals surface area contributed by atoms with E-state index < -0.39 is 5.54 Å². The van der Waals surface area contributed by atoms with Crippen molar-refractivity contribution in [3.8, 4) is 0 Å². The van der Waals surface area contributed by atoms with Crippen LogP contribution in [0.15, 0.2) is 0 Å². The summed E-state index contributed by atoms with van der Waals surface area (Å²) >= 11 is 0. The Bertz CT molecular complexity index is 231. The highest BCUT2D eigenvalue weighted by Gasteiger charge is 2.43. The first kappa shape index (κ1) is 16.4. The Hall–Kier alpha value is -0.610. The number of carbonyl (C=O) groups excluding carboxylic acids is 1. The fourth-order valence-electron chi connectivity index (χ4n) is 1.76. The van der Waals surface area contributed by atoms with Gasteiger partial charge in [0.15, 0.2) is 0 Å². The Kier molecular flexibility index (Phi) is 7.39. The van der Waals surface area contributed by atoms with E-state index in [1.54, 1.807) is 7.11 Å². The molecular formula is C13H27NO3. The normalized spacial score (nSPS) is 16.6. The van der Waals surface area contributed by atoms with E-state index in [0.29, 0.717) is 13.2 Å². The average Bonchev–Trinajstić information content (AvgIpc) is 2.28. The predicted octanol–water partition coefficient (Wildman–Crippen LogP) is 1.98. The highest BCUT2D eigenvalue weighted by Crippen LogP contribution is 2.21. The summed E-state index contributed by atoms with van der Waals surface area (Å²) in [6, 6.07) is 0.247. The summed E-state index contributed by atoms with van der Waals surface area (Å²) in [4.78, 5) is 12.2. The number of hydrogen-bond acceptors (Lipinski definition) is 4. The molecule has 0 aliphatic rings. The Morgan fingerprint density at radius 3 is 2.24 bits per heavy atom. The lowest BCUT2D eigenvalue weighted by Crippen LogP contribution is -2.62. The zero-order valence-electron chi connectivity index (χ0n) is 12.0. The maximum Gasteiger partial charge on any atom is 0.329 e. The van der Waals surface area contributed by atoms with Crippen molar-refractivity contribution in [2.24, 2.45) is 5.92 Å². The maximum absolute atomic E-state index is 12.2. The first-order valence-electron chi connectivity index (χ1n) is 6.38. The van der Waals surface area contributed by atoms with Gasteiger partial charge in [-0.2, -0.15) is 0 Å². The molecule has 17 heavy (non-hydrogen) atoms. The summed E-state index contributed by atoms with van der Waals surface area (Å²) in [5, 5.41) is 3.37. The van der Waals surface area contributed by atoms with Crippen molar-refractivity contribution >= 4 is 5.97 Å². The van der Waals surface area contributed by atoms with E-state index in [9.17, 15) is 4.79 Å². The zero-order valence-corrected chi connectivity index (χ0v) is 12.0. The van der Waals surface area contributed by atoms with E-state index in [-0.39, 0.29) is 17.9 Å². The molecule has 1 N–H and O–H groups in total. The van der Waals surface area contributed by atoms with Gasteiger partial charge in [0.1, 0.15) is 5.54 Å². The molecule has 4 heteroatoms. The number of nitrogens with one attached hydrogen (secondary N) is 1. The first-order chi connectivity index (χ1) is 7.94. The van der Waals surface area contributed by atoms with Crippen LogP contribution in [0.25, 0.3) is 0 Å². The molecule has 0 rings (SSSR count). The lowest BCUT2D eigenvalue weighted by molar-refractivity contribution is -0.157. The molecule has 0 aliphatic heterocycles. The van der Waals surface area contributed by atoms with Gasteiger partial charge in [0.25, 0.3) is 0 Å². The van der Waals surface area contributed by atoms with Crippen LogP contribution in [-0.2, 0) is 14.3 Å². The number of ether oxygens (including phenoxy) is 2. The number of carbonyl (C=O) groups is 1. The smallest absolute Gasteiger partial charge is 0.329 e. The SMILES string of the molecule is CCOC(=O)C(COC)(NC(C)CC)C(C)C. The summed E-state index contributed by atoms with van der Waals surface area (Å²) in [5.41, 5.74) is -0.750. The Morgan fingerprint density at radius 1 is 1.29 bits per heavy atom. The van der Waals surface area contributed by atoms with Crippen LogP contribution >= 0.6 is 0 Å². The summed E-state index contributed by atoms with van der Waals surface area (Å²) in [7, 11) is 1.61. The van der Waals surface area contributed by atoms with Gasteiger partial charge in [-0.15, -0.1) is 0 Å². The molecule has 0 aliphatic carbocycles. The number of methoxy groups -OCH3 is 1. The predicted molar refractivity (Wildman–Crippen MR) is 69.0 cm³/mol. The fraction of sp³-hybridized carbons (Fsp3) is 0.923. The molecule has 0 bridgehead atoms. The molecule has 0 saturated heterocycles. The highest BCUT2D eigenvalue weighted by molar-refractivity contribution is 5.81. The van der Waals surface area contributed by atoms with Crippen molar-refractivity contribution in [2.45, 2.75) is 52.6 Å². The van der Waals surface area contributed by atoms with Crippen LogP contribution in [0.1, 0.15) is 41.0 Å². The van der Waals surface area contributed by atoms with Gasteiger partial charge >= 0.3 is 5.97 Å². The van der Waals surface area contributed by atoms with Gasteiger partial charge in [-0.25, -0.2) is 4.79 Å². The first-order valence-corrected chi connectivity index (χ1v) is 6.38. The molecule has 102 valence electrons. The largest absolute Gasteiger partial charge is 0.465 e. The minimum Gasteiger partial charge on any atom is -0.465 e. The monoisotopic (exact) mass is 245 g/mol.